The fraction of sp³-hybridized carbons (Fsp3) is 0.321. The maximum atomic E-state index is 13.7. The molecule has 2 aromatic heterocycles. The predicted octanol–water partition coefficient (Wildman–Crippen LogP) is 3.84. The molecule has 2 aliphatic heterocycles. The van der Waals surface area contributed by atoms with Crippen LogP contribution in [0.5, 0.6) is 11.5 Å². The lowest BCUT2D eigenvalue weighted by atomic mass is 9.89. The van der Waals surface area contributed by atoms with Crippen molar-refractivity contribution >= 4 is 22.8 Å². The highest BCUT2D eigenvalue weighted by Crippen LogP contribution is 2.45. The van der Waals surface area contributed by atoms with E-state index in [1.807, 2.05) is 35.0 Å². The third kappa shape index (κ3) is 3.73. The number of nitrogens with zero attached hydrogens (tertiary/aromatic N) is 4. The third-order valence-electron chi connectivity index (χ3n) is 7.71. The molecular formula is C28H27N5O4. The van der Waals surface area contributed by atoms with Crippen molar-refractivity contribution in [3.05, 3.63) is 78.0 Å². The van der Waals surface area contributed by atoms with Crippen LogP contribution in [-0.4, -0.2) is 60.6 Å². The zero-order valence-electron chi connectivity index (χ0n) is 20.2. The Labute approximate surface area is 213 Å². The Kier molecular flexibility index (Phi) is 4.99. The number of phenolic OH excluding ortho intramolecular Hbond substituents is 1. The summed E-state index contributed by atoms with van der Waals surface area (Å²) in [6.07, 6.45) is 8.02. The summed E-state index contributed by atoms with van der Waals surface area (Å²) in [7, 11) is 0. The van der Waals surface area contributed by atoms with E-state index < -0.39 is 12.1 Å². The number of amides is 3. The normalized spacial score (nSPS) is 21.0. The molecule has 2 N–H and O–H groups in total. The zero-order valence-corrected chi connectivity index (χ0v) is 20.2. The first kappa shape index (κ1) is 22.0. The van der Waals surface area contributed by atoms with Gasteiger partial charge in [-0.25, -0.2) is 9.78 Å². The van der Waals surface area contributed by atoms with Crippen LogP contribution in [-0.2, 0) is 17.8 Å². The average Bonchev–Trinajstić information content (AvgIpc) is 3.35. The molecule has 9 nitrogen and oxygen atoms in total. The van der Waals surface area contributed by atoms with Crippen molar-refractivity contribution in [2.75, 3.05) is 13.2 Å². The van der Waals surface area contributed by atoms with Crippen LogP contribution in [0.1, 0.15) is 35.7 Å². The predicted molar refractivity (Wildman–Crippen MR) is 135 cm³/mol. The number of aromatic nitrogens is 3. The van der Waals surface area contributed by atoms with E-state index in [-0.39, 0.29) is 24.2 Å². The smallest absolute Gasteiger partial charge is 0.328 e. The van der Waals surface area contributed by atoms with E-state index in [4.69, 9.17) is 4.74 Å². The summed E-state index contributed by atoms with van der Waals surface area (Å²) in [4.78, 5) is 37.9. The number of fused-ring (bicyclic) bond motifs is 4. The summed E-state index contributed by atoms with van der Waals surface area (Å²) in [6, 6.07) is 11.5. The fourth-order valence-corrected chi connectivity index (χ4v) is 5.63. The topological polar surface area (TPSA) is 104 Å². The summed E-state index contributed by atoms with van der Waals surface area (Å²) in [5.74, 6) is 1.38. The molecule has 3 aliphatic rings. The molecule has 2 atom stereocenters. The van der Waals surface area contributed by atoms with Crippen LogP contribution >= 0.6 is 0 Å². The number of phenols is 1. The van der Waals surface area contributed by atoms with Crippen LogP contribution in [0, 0.1) is 5.92 Å². The molecule has 7 rings (SSSR count). The molecule has 0 radical (unpaired) electrons. The lowest BCUT2D eigenvalue weighted by molar-refractivity contribution is -0.128. The van der Waals surface area contributed by atoms with Gasteiger partial charge in [-0.1, -0.05) is 12.1 Å². The Hall–Kier alpha value is -4.27. The SMILES string of the molecule is O=C1C2Cc3c([nH]c4ccc(OCC5CC5)cc34)C(c3cccc(O)c3)N2C(=O)N1CCn1ccnc1. The van der Waals surface area contributed by atoms with Crippen molar-refractivity contribution in [1.82, 2.24) is 24.3 Å². The highest BCUT2D eigenvalue weighted by Gasteiger charge is 2.52. The highest BCUT2D eigenvalue weighted by molar-refractivity contribution is 6.05. The van der Waals surface area contributed by atoms with E-state index in [1.54, 1.807) is 35.6 Å². The van der Waals surface area contributed by atoms with Crippen molar-refractivity contribution in [1.29, 1.82) is 0 Å². The maximum Gasteiger partial charge on any atom is 0.328 e. The molecule has 0 bridgehead atoms. The van der Waals surface area contributed by atoms with Crippen LogP contribution in [0.2, 0.25) is 0 Å². The molecule has 37 heavy (non-hydrogen) atoms. The van der Waals surface area contributed by atoms with Crippen LogP contribution in [0.4, 0.5) is 4.79 Å². The number of imidazole rings is 1. The Bertz CT molecular complexity index is 1510. The monoisotopic (exact) mass is 497 g/mol. The first-order valence-corrected chi connectivity index (χ1v) is 12.7. The first-order valence-electron chi connectivity index (χ1n) is 12.7. The van der Waals surface area contributed by atoms with Crippen LogP contribution in [0.15, 0.2) is 61.2 Å². The molecular weight excluding hydrogens is 470 g/mol. The van der Waals surface area contributed by atoms with E-state index in [2.05, 4.69) is 9.97 Å². The summed E-state index contributed by atoms with van der Waals surface area (Å²) in [5.41, 5.74) is 3.57. The minimum Gasteiger partial charge on any atom is -0.508 e. The van der Waals surface area contributed by atoms with Crippen molar-refractivity contribution in [2.24, 2.45) is 5.92 Å². The molecule has 2 fully saturated rings. The van der Waals surface area contributed by atoms with Gasteiger partial charge in [-0.2, -0.15) is 0 Å². The second kappa shape index (κ2) is 8.40. The molecule has 1 aliphatic carbocycles. The molecule has 3 amide bonds. The van der Waals surface area contributed by atoms with Crippen LogP contribution in [0.25, 0.3) is 10.9 Å². The Morgan fingerprint density at radius 3 is 2.78 bits per heavy atom. The van der Waals surface area contributed by atoms with Crippen LogP contribution in [0.3, 0.4) is 0 Å². The van der Waals surface area contributed by atoms with Gasteiger partial charge in [-0.15, -0.1) is 0 Å². The van der Waals surface area contributed by atoms with E-state index in [9.17, 15) is 14.7 Å². The lowest BCUT2D eigenvalue weighted by Gasteiger charge is -2.36. The van der Waals surface area contributed by atoms with Gasteiger partial charge in [0.05, 0.1) is 12.9 Å². The number of carbonyl (C=O) groups is 2. The molecule has 188 valence electrons. The molecule has 9 heteroatoms. The van der Waals surface area contributed by atoms with E-state index >= 15 is 0 Å². The molecule has 4 aromatic rings. The molecule has 2 aromatic carbocycles. The minimum atomic E-state index is -0.620. The van der Waals surface area contributed by atoms with Gasteiger partial charge in [0.15, 0.2) is 0 Å². The number of ether oxygens (including phenoxy) is 1. The number of hydrogen-bond acceptors (Lipinski definition) is 5. The number of nitrogens with one attached hydrogen (secondary N) is 1. The van der Waals surface area contributed by atoms with Gasteiger partial charge in [0.25, 0.3) is 5.91 Å². The molecule has 0 spiro atoms. The van der Waals surface area contributed by atoms with Crippen molar-refractivity contribution in [3.8, 4) is 11.5 Å². The zero-order chi connectivity index (χ0) is 25.1. The van der Waals surface area contributed by atoms with Gasteiger partial charge < -0.3 is 19.4 Å². The Morgan fingerprint density at radius 2 is 2.00 bits per heavy atom. The largest absolute Gasteiger partial charge is 0.508 e. The highest BCUT2D eigenvalue weighted by atomic mass is 16.5. The molecule has 1 saturated carbocycles. The number of benzene rings is 2. The van der Waals surface area contributed by atoms with Gasteiger partial charge in [0, 0.05) is 48.5 Å². The summed E-state index contributed by atoms with van der Waals surface area (Å²) in [5, 5.41) is 11.3. The Balaban J connectivity index is 1.29. The number of urea groups is 1. The Morgan fingerprint density at radius 1 is 1.11 bits per heavy atom. The second-order valence-corrected chi connectivity index (χ2v) is 10.2. The lowest BCUT2D eigenvalue weighted by Crippen LogP contribution is -2.44. The van der Waals surface area contributed by atoms with E-state index in [0.717, 1.165) is 40.1 Å². The molecule has 2 unspecified atom stereocenters. The van der Waals surface area contributed by atoms with Gasteiger partial charge in [-0.3, -0.25) is 14.6 Å². The van der Waals surface area contributed by atoms with E-state index in [0.29, 0.717) is 18.9 Å². The maximum absolute atomic E-state index is 13.7. The van der Waals surface area contributed by atoms with Gasteiger partial charge in [-0.05, 0) is 60.2 Å². The number of rotatable bonds is 7. The summed E-state index contributed by atoms with van der Waals surface area (Å²) >= 11 is 0. The average molecular weight is 498 g/mol. The standard InChI is InChI=1S/C28H27N5O4/c34-19-3-1-2-18(12-19)26-25-22(21-13-20(6-7-23(21)30-25)37-15-17-4-5-17)14-24-27(35)32(28(36)33(24)26)11-10-31-9-8-29-16-31/h1-3,6-9,12-13,16-17,24,26,30,34H,4-5,10-11,14-15H2. The molecule has 1 saturated heterocycles. The minimum absolute atomic E-state index is 0.114. The number of hydrogen-bond donors (Lipinski definition) is 2. The van der Waals surface area contributed by atoms with Crippen molar-refractivity contribution < 1.29 is 19.4 Å². The summed E-state index contributed by atoms with van der Waals surface area (Å²) in [6.45, 7) is 1.46. The number of aromatic amines is 1. The quantitative estimate of drug-likeness (QED) is 0.378. The number of H-pyrrole nitrogens is 1. The number of imide groups is 1. The number of aromatic hydroxyl groups is 1. The fourth-order valence-electron chi connectivity index (χ4n) is 5.63. The molecule has 4 heterocycles. The van der Waals surface area contributed by atoms with Gasteiger partial charge >= 0.3 is 6.03 Å². The van der Waals surface area contributed by atoms with Crippen molar-refractivity contribution in [3.63, 3.8) is 0 Å². The van der Waals surface area contributed by atoms with E-state index in [1.165, 1.54) is 17.7 Å². The summed E-state index contributed by atoms with van der Waals surface area (Å²) < 4.78 is 7.89. The number of carbonyl (C=O) groups excluding carboxylic acids is 2. The second-order valence-electron chi connectivity index (χ2n) is 10.2. The van der Waals surface area contributed by atoms with Gasteiger partial charge in [0.2, 0.25) is 0 Å². The van der Waals surface area contributed by atoms with Crippen molar-refractivity contribution in [2.45, 2.75) is 37.9 Å². The third-order valence-corrected chi connectivity index (χ3v) is 7.71. The first-order chi connectivity index (χ1) is 18.1. The van der Waals surface area contributed by atoms with Crippen LogP contribution < -0.4 is 4.74 Å². The van der Waals surface area contributed by atoms with Gasteiger partial charge in [0.1, 0.15) is 23.6 Å².